The van der Waals surface area contributed by atoms with Gasteiger partial charge in [-0.15, -0.1) is 0 Å². The minimum atomic E-state index is -2.89. The number of hydrogen-bond donors (Lipinski definition) is 0. The highest BCUT2D eigenvalue weighted by Gasteiger charge is 2.45. The van der Waals surface area contributed by atoms with Gasteiger partial charge < -0.3 is 14.0 Å². The molecule has 3 nitrogen and oxygen atoms in total. The summed E-state index contributed by atoms with van der Waals surface area (Å²) in [6, 6.07) is 29.5. The van der Waals surface area contributed by atoms with Crippen molar-refractivity contribution in [1.82, 2.24) is 0 Å². The Kier molecular flexibility index (Phi) is 5.25. The normalized spacial score (nSPS) is 21.5. The quantitative estimate of drug-likeness (QED) is 0.580. The zero-order valence-corrected chi connectivity index (χ0v) is 17.1. The Labute approximate surface area is 166 Å². The largest absolute Gasteiger partial charge is 0.344 e. The van der Waals surface area contributed by atoms with Gasteiger partial charge in [-0.25, -0.2) is 0 Å². The van der Waals surface area contributed by atoms with Crippen molar-refractivity contribution < 1.29 is 14.0 Å². The number of rotatable bonds is 5. The van der Waals surface area contributed by atoms with Crippen molar-refractivity contribution in [3.8, 4) is 0 Å². The molecule has 0 aliphatic carbocycles. The Hall–Kier alpha value is -2.19. The van der Waals surface area contributed by atoms with E-state index in [0.29, 0.717) is 6.16 Å². The third kappa shape index (κ3) is 3.84. The van der Waals surface area contributed by atoms with E-state index in [9.17, 15) is 4.57 Å². The lowest BCUT2D eigenvalue weighted by molar-refractivity contribution is -0.145. The van der Waals surface area contributed by atoms with Gasteiger partial charge >= 0.3 is 0 Å². The summed E-state index contributed by atoms with van der Waals surface area (Å²) in [5.41, 5.74) is 1.05. The molecule has 0 spiro atoms. The summed E-state index contributed by atoms with van der Waals surface area (Å²) in [4.78, 5) is 0. The monoisotopic (exact) mass is 392 g/mol. The Morgan fingerprint density at radius 3 is 1.71 bits per heavy atom. The van der Waals surface area contributed by atoms with Gasteiger partial charge in [0.1, 0.15) is 13.2 Å². The smallest absolute Gasteiger partial charge is 0.164 e. The highest BCUT2D eigenvalue weighted by Crippen LogP contribution is 2.49. The fourth-order valence-electron chi connectivity index (χ4n) is 3.85. The molecule has 144 valence electrons. The van der Waals surface area contributed by atoms with Crippen LogP contribution in [0.3, 0.4) is 0 Å². The van der Waals surface area contributed by atoms with Crippen molar-refractivity contribution >= 4 is 17.8 Å². The maximum Gasteiger partial charge on any atom is 0.164 e. The van der Waals surface area contributed by atoms with Crippen LogP contribution in [-0.4, -0.2) is 18.1 Å². The molecule has 1 aliphatic rings. The van der Waals surface area contributed by atoms with E-state index in [1.807, 2.05) is 105 Å². The van der Waals surface area contributed by atoms with Gasteiger partial charge in [0.15, 0.2) is 5.79 Å². The first-order valence-electron chi connectivity index (χ1n) is 9.59. The van der Waals surface area contributed by atoms with Gasteiger partial charge in [0, 0.05) is 16.8 Å². The summed E-state index contributed by atoms with van der Waals surface area (Å²) in [6.45, 7) is 3.83. The average molecular weight is 392 g/mol. The van der Waals surface area contributed by atoms with Crippen LogP contribution in [-0.2, 0) is 14.0 Å². The lowest BCUT2D eigenvalue weighted by Gasteiger charge is -2.25. The molecule has 1 saturated heterocycles. The molecule has 0 bridgehead atoms. The van der Waals surface area contributed by atoms with E-state index in [-0.39, 0.29) is 12.2 Å². The minimum absolute atomic E-state index is 0.253. The molecule has 28 heavy (non-hydrogen) atoms. The second kappa shape index (κ2) is 7.67. The summed E-state index contributed by atoms with van der Waals surface area (Å²) in [5, 5.41) is 1.70. The first kappa shape index (κ1) is 19.1. The van der Waals surface area contributed by atoms with Gasteiger partial charge in [-0.3, -0.25) is 0 Å². The van der Waals surface area contributed by atoms with E-state index in [2.05, 4.69) is 0 Å². The number of ether oxygens (including phenoxy) is 2. The molecule has 0 N–H and O–H groups in total. The predicted molar refractivity (Wildman–Crippen MR) is 114 cm³/mol. The second-order valence-corrected chi connectivity index (χ2v) is 10.5. The molecule has 0 amide bonds. The molecule has 1 heterocycles. The minimum Gasteiger partial charge on any atom is -0.344 e. The van der Waals surface area contributed by atoms with Crippen LogP contribution in [0, 0.1) is 0 Å². The highest BCUT2D eigenvalue weighted by atomic mass is 31.2. The SMILES string of the molecule is CC1(C)O[C@@H](CP(=O)(c2ccccc2)c2ccccc2)[C@H](c2ccccc2)O1. The maximum absolute atomic E-state index is 14.4. The topological polar surface area (TPSA) is 35.5 Å². The molecule has 1 aliphatic heterocycles. The summed E-state index contributed by atoms with van der Waals surface area (Å²) < 4.78 is 26.9. The van der Waals surface area contributed by atoms with E-state index in [1.54, 1.807) is 0 Å². The zero-order valence-electron chi connectivity index (χ0n) is 16.2. The number of benzene rings is 3. The first-order chi connectivity index (χ1) is 13.5. The third-order valence-electron chi connectivity index (χ3n) is 5.10. The van der Waals surface area contributed by atoms with Crippen molar-refractivity contribution in [3.63, 3.8) is 0 Å². The van der Waals surface area contributed by atoms with Gasteiger partial charge in [-0.05, 0) is 19.4 Å². The lowest BCUT2D eigenvalue weighted by atomic mass is 10.1. The van der Waals surface area contributed by atoms with Crippen LogP contribution in [0.25, 0.3) is 0 Å². The standard InChI is InChI=1S/C24H25O3P/c1-24(2)26-22(23(27-24)19-12-6-3-7-13-19)18-28(25,20-14-8-4-9-15-20)21-16-10-5-11-17-21/h3-17,22-23H,18H2,1-2H3/t22-,23-/m0/s1. The molecule has 0 aromatic heterocycles. The van der Waals surface area contributed by atoms with Crippen molar-refractivity contribution in [2.24, 2.45) is 0 Å². The van der Waals surface area contributed by atoms with Gasteiger partial charge in [-0.1, -0.05) is 91.0 Å². The molecule has 4 rings (SSSR count). The Morgan fingerprint density at radius 1 is 0.750 bits per heavy atom. The molecular formula is C24H25O3P. The highest BCUT2D eigenvalue weighted by molar-refractivity contribution is 7.78. The molecule has 2 atom stereocenters. The van der Waals surface area contributed by atoms with E-state index in [1.165, 1.54) is 0 Å². The van der Waals surface area contributed by atoms with Crippen LogP contribution in [0.4, 0.5) is 0 Å². The van der Waals surface area contributed by atoms with E-state index in [0.717, 1.165) is 16.2 Å². The van der Waals surface area contributed by atoms with E-state index < -0.39 is 12.9 Å². The Morgan fingerprint density at radius 2 is 1.21 bits per heavy atom. The number of hydrogen-bond acceptors (Lipinski definition) is 3. The van der Waals surface area contributed by atoms with Gasteiger partial charge in [0.2, 0.25) is 0 Å². The van der Waals surface area contributed by atoms with Crippen LogP contribution in [0.15, 0.2) is 91.0 Å². The Balaban J connectivity index is 1.75. The molecule has 0 saturated carbocycles. The van der Waals surface area contributed by atoms with Crippen LogP contribution < -0.4 is 10.6 Å². The molecule has 0 radical (unpaired) electrons. The molecule has 1 fully saturated rings. The third-order valence-corrected chi connectivity index (χ3v) is 8.23. The maximum atomic E-state index is 14.4. The van der Waals surface area contributed by atoms with Crippen molar-refractivity contribution in [2.75, 3.05) is 6.16 Å². The average Bonchev–Trinajstić information content (AvgIpc) is 3.04. The van der Waals surface area contributed by atoms with Crippen molar-refractivity contribution in [3.05, 3.63) is 96.6 Å². The first-order valence-corrected chi connectivity index (χ1v) is 11.5. The summed E-state index contributed by atoms with van der Waals surface area (Å²) in [7, 11) is -2.89. The van der Waals surface area contributed by atoms with Gasteiger partial charge in [0.25, 0.3) is 0 Å². The zero-order chi connectivity index (χ0) is 19.6. The van der Waals surface area contributed by atoms with Crippen LogP contribution in [0.2, 0.25) is 0 Å². The summed E-state index contributed by atoms with van der Waals surface area (Å²) >= 11 is 0. The molecule has 0 unspecified atom stereocenters. The van der Waals surface area contributed by atoms with Gasteiger partial charge in [0.05, 0.1) is 6.10 Å². The summed E-state index contributed by atoms with van der Waals surface area (Å²) in [5.74, 6) is -0.719. The van der Waals surface area contributed by atoms with Crippen LogP contribution in [0.1, 0.15) is 25.5 Å². The van der Waals surface area contributed by atoms with Crippen LogP contribution in [0.5, 0.6) is 0 Å². The molecule has 3 aromatic rings. The summed E-state index contributed by atoms with van der Waals surface area (Å²) in [6.07, 6.45) is -0.162. The fraction of sp³-hybridized carbons (Fsp3) is 0.250. The fourth-order valence-corrected chi connectivity index (χ4v) is 6.65. The Bertz CT molecular complexity index is 911. The van der Waals surface area contributed by atoms with Gasteiger partial charge in [-0.2, -0.15) is 0 Å². The molecule has 4 heteroatoms. The molecule has 3 aromatic carbocycles. The van der Waals surface area contributed by atoms with Crippen LogP contribution >= 0.6 is 7.14 Å². The second-order valence-electron chi connectivity index (χ2n) is 7.60. The lowest BCUT2D eigenvalue weighted by Crippen LogP contribution is -2.29. The van der Waals surface area contributed by atoms with E-state index in [4.69, 9.17) is 9.47 Å². The predicted octanol–water partition coefficient (Wildman–Crippen LogP) is 4.89. The molecular weight excluding hydrogens is 367 g/mol. The van der Waals surface area contributed by atoms with Crippen molar-refractivity contribution in [1.29, 1.82) is 0 Å². The van der Waals surface area contributed by atoms with E-state index >= 15 is 0 Å². The van der Waals surface area contributed by atoms with Crippen molar-refractivity contribution in [2.45, 2.75) is 31.8 Å².